The summed E-state index contributed by atoms with van der Waals surface area (Å²) in [6.45, 7) is 5.68. The fourth-order valence-corrected chi connectivity index (χ4v) is 2.30. The van der Waals surface area contributed by atoms with E-state index in [0.29, 0.717) is 0 Å². The van der Waals surface area contributed by atoms with Crippen LogP contribution in [0.15, 0.2) is 18.2 Å². The van der Waals surface area contributed by atoms with Crippen LogP contribution in [0, 0.1) is 13.8 Å². The quantitative estimate of drug-likeness (QED) is 0.670. The number of rotatable bonds is 1. The normalized spacial score (nSPS) is 22.2. The third-order valence-corrected chi connectivity index (χ3v) is 2.84. The predicted octanol–water partition coefficient (Wildman–Crippen LogP) is 1.70. The first-order chi connectivity index (χ1) is 6.25. The molecule has 1 atom stereocenters. The summed E-state index contributed by atoms with van der Waals surface area (Å²) in [5.41, 5.74) is 4.32. The van der Waals surface area contributed by atoms with Crippen LogP contribution in [0.4, 0.5) is 0 Å². The van der Waals surface area contributed by atoms with Crippen molar-refractivity contribution in [2.75, 3.05) is 6.54 Å². The second kappa shape index (κ2) is 3.51. The zero-order chi connectivity index (χ0) is 9.26. The Kier molecular flexibility index (Phi) is 2.36. The van der Waals surface area contributed by atoms with Crippen LogP contribution in [0.1, 0.15) is 35.6 Å². The molecule has 1 saturated heterocycles. The van der Waals surface area contributed by atoms with Gasteiger partial charge in [-0.1, -0.05) is 29.3 Å². The fourth-order valence-electron chi connectivity index (χ4n) is 2.30. The Balaban J connectivity index is 2.28. The van der Waals surface area contributed by atoms with E-state index in [9.17, 15) is 0 Å². The highest BCUT2D eigenvalue weighted by Crippen LogP contribution is 2.19. The van der Waals surface area contributed by atoms with Crippen molar-refractivity contribution < 1.29 is 5.32 Å². The van der Waals surface area contributed by atoms with Crippen LogP contribution in [0.3, 0.4) is 0 Å². The molecule has 0 saturated carbocycles. The third-order valence-electron chi connectivity index (χ3n) is 2.84. The number of quaternary nitrogens is 1. The molecule has 0 aromatic heterocycles. The van der Waals surface area contributed by atoms with E-state index < -0.39 is 0 Å². The highest BCUT2D eigenvalue weighted by atomic mass is 14.9. The Morgan fingerprint density at radius 3 is 2.38 bits per heavy atom. The van der Waals surface area contributed by atoms with Gasteiger partial charge in [0.25, 0.3) is 0 Å². The lowest BCUT2D eigenvalue weighted by Crippen LogP contribution is -2.81. The standard InChI is InChI=1S/C12H17N/c1-9-6-10(2)8-11(7-9)12-4-3-5-13-12/h6-8,12-13H,3-5H2,1-2H3/p+1/t12-/m0/s1. The van der Waals surface area contributed by atoms with Crippen LogP contribution in [-0.2, 0) is 0 Å². The summed E-state index contributed by atoms with van der Waals surface area (Å²) in [6, 6.07) is 7.65. The van der Waals surface area contributed by atoms with Crippen LogP contribution in [-0.4, -0.2) is 6.54 Å². The summed E-state index contributed by atoms with van der Waals surface area (Å²) in [5, 5.41) is 2.47. The minimum atomic E-state index is 0.735. The van der Waals surface area contributed by atoms with Gasteiger partial charge in [0.1, 0.15) is 6.04 Å². The van der Waals surface area contributed by atoms with Gasteiger partial charge in [0.05, 0.1) is 6.54 Å². The molecule has 1 aromatic rings. The first-order valence-electron chi connectivity index (χ1n) is 5.17. The molecule has 1 aliphatic heterocycles. The molecule has 1 fully saturated rings. The highest BCUT2D eigenvalue weighted by molar-refractivity contribution is 5.29. The van der Waals surface area contributed by atoms with Crippen molar-refractivity contribution in [1.82, 2.24) is 0 Å². The van der Waals surface area contributed by atoms with E-state index in [1.54, 1.807) is 0 Å². The Bertz CT molecular complexity index is 278. The maximum atomic E-state index is 2.47. The molecule has 0 unspecified atom stereocenters. The van der Waals surface area contributed by atoms with Gasteiger partial charge in [-0.25, -0.2) is 0 Å². The molecule has 13 heavy (non-hydrogen) atoms. The van der Waals surface area contributed by atoms with Gasteiger partial charge in [0.2, 0.25) is 0 Å². The fraction of sp³-hybridized carbons (Fsp3) is 0.500. The van der Waals surface area contributed by atoms with Crippen LogP contribution < -0.4 is 5.32 Å². The van der Waals surface area contributed by atoms with Crippen molar-refractivity contribution in [3.63, 3.8) is 0 Å². The maximum Gasteiger partial charge on any atom is 0.112 e. The molecule has 0 radical (unpaired) electrons. The van der Waals surface area contributed by atoms with E-state index in [2.05, 4.69) is 37.4 Å². The van der Waals surface area contributed by atoms with Crippen molar-refractivity contribution in [1.29, 1.82) is 0 Å². The Morgan fingerprint density at radius 1 is 1.15 bits per heavy atom. The summed E-state index contributed by atoms with van der Waals surface area (Å²) >= 11 is 0. The summed E-state index contributed by atoms with van der Waals surface area (Å²) in [5.74, 6) is 0. The van der Waals surface area contributed by atoms with Gasteiger partial charge in [-0.3, -0.25) is 0 Å². The minimum absolute atomic E-state index is 0.735. The summed E-state index contributed by atoms with van der Waals surface area (Å²) in [4.78, 5) is 0. The van der Waals surface area contributed by atoms with E-state index in [-0.39, 0.29) is 0 Å². The second-order valence-corrected chi connectivity index (χ2v) is 4.19. The van der Waals surface area contributed by atoms with E-state index in [0.717, 1.165) is 6.04 Å². The molecule has 0 amide bonds. The lowest BCUT2D eigenvalue weighted by atomic mass is 10.0. The number of benzene rings is 1. The van der Waals surface area contributed by atoms with E-state index >= 15 is 0 Å². The lowest BCUT2D eigenvalue weighted by Gasteiger charge is -2.09. The Morgan fingerprint density at radius 2 is 1.85 bits per heavy atom. The highest BCUT2D eigenvalue weighted by Gasteiger charge is 2.20. The summed E-state index contributed by atoms with van der Waals surface area (Å²) in [7, 11) is 0. The largest absolute Gasteiger partial charge is 0.340 e. The zero-order valence-corrected chi connectivity index (χ0v) is 8.51. The summed E-state index contributed by atoms with van der Waals surface area (Å²) < 4.78 is 0. The van der Waals surface area contributed by atoms with Gasteiger partial charge in [0.15, 0.2) is 0 Å². The molecular weight excluding hydrogens is 158 g/mol. The average Bonchev–Trinajstić information content (AvgIpc) is 2.53. The molecule has 0 spiro atoms. The SMILES string of the molecule is Cc1cc(C)cc([C@@H]2CCC[NH2+]2)c1. The monoisotopic (exact) mass is 176 g/mol. The number of aryl methyl sites for hydroxylation is 2. The van der Waals surface area contributed by atoms with Crippen molar-refractivity contribution in [2.24, 2.45) is 0 Å². The number of hydrogen-bond donors (Lipinski definition) is 1. The first-order valence-corrected chi connectivity index (χ1v) is 5.17. The van der Waals surface area contributed by atoms with Crippen LogP contribution >= 0.6 is 0 Å². The van der Waals surface area contributed by atoms with Crippen molar-refractivity contribution in [3.8, 4) is 0 Å². The van der Waals surface area contributed by atoms with E-state index in [1.807, 2.05) is 0 Å². The number of nitrogens with two attached hydrogens (primary N) is 1. The van der Waals surface area contributed by atoms with Crippen LogP contribution in [0.2, 0.25) is 0 Å². The molecule has 70 valence electrons. The summed E-state index contributed by atoms with van der Waals surface area (Å²) in [6.07, 6.45) is 2.72. The van der Waals surface area contributed by atoms with Crippen LogP contribution in [0.5, 0.6) is 0 Å². The van der Waals surface area contributed by atoms with Gasteiger partial charge < -0.3 is 5.32 Å². The number of hydrogen-bond acceptors (Lipinski definition) is 0. The van der Waals surface area contributed by atoms with Gasteiger partial charge in [-0.05, 0) is 13.8 Å². The molecule has 1 aliphatic rings. The first kappa shape index (κ1) is 8.76. The van der Waals surface area contributed by atoms with E-state index in [4.69, 9.17) is 0 Å². The molecule has 0 aliphatic carbocycles. The van der Waals surface area contributed by atoms with E-state index in [1.165, 1.54) is 36.1 Å². The topological polar surface area (TPSA) is 16.6 Å². The van der Waals surface area contributed by atoms with Crippen LogP contribution in [0.25, 0.3) is 0 Å². The molecule has 1 nitrogen and oxygen atoms in total. The van der Waals surface area contributed by atoms with Crippen molar-refractivity contribution in [3.05, 3.63) is 34.9 Å². The lowest BCUT2D eigenvalue weighted by molar-refractivity contribution is -0.676. The minimum Gasteiger partial charge on any atom is -0.340 e. The van der Waals surface area contributed by atoms with Gasteiger partial charge >= 0.3 is 0 Å². The Hall–Kier alpha value is -0.820. The van der Waals surface area contributed by atoms with Crippen molar-refractivity contribution in [2.45, 2.75) is 32.7 Å². The molecule has 1 heteroatoms. The smallest absolute Gasteiger partial charge is 0.112 e. The molecule has 1 heterocycles. The predicted molar refractivity (Wildman–Crippen MR) is 54.7 cm³/mol. The van der Waals surface area contributed by atoms with Gasteiger partial charge in [-0.15, -0.1) is 0 Å². The molecular formula is C12H18N+. The zero-order valence-electron chi connectivity index (χ0n) is 8.51. The Labute approximate surface area is 80.2 Å². The van der Waals surface area contributed by atoms with Gasteiger partial charge in [0, 0.05) is 18.4 Å². The maximum absolute atomic E-state index is 2.47. The van der Waals surface area contributed by atoms with Crippen molar-refractivity contribution >= 4 is 0 Å². The molecule has 2 N–H and O–H groups in total. The molecule has 2 rings (SSSR count). The molecule has 1 aromatic carbocycles. The third kappa shape index (κ3) is 1.92. The second-order valence-electron chi connectivity index (χ2n) is 4.19. The average molecular weight is 176 g/mol. The molecule has 0 bridgehead atoms. The van der Waals surface area contributed by atoms with Gasteiger partial charge in [-0.2, -0.15) is 0 Å².